The molecule has 0 unspecified atom stereocenters. The van der Waals surface area contributed by atoms with E-state index in [4.69, 9.17) is 11.1 Å². The van der Waals surface area contributed by atoms with Crippen LogP contribution in [0.4, 0.5) is 11.5 Å². The molecule has 5 heteroatoms. The normalized spacial score (nSPS) is 10.5. The van der Waals surface area contributed by atoms with Crippen LogP contribution in [0.25, 0.3) is 0 Å². The zero-order chi connectivity index (χ0) is 14.2. The number of nitrogen functional groups attached to an aromatic ring is 1. The molecule has 5 nitrogen and oxygen atoms in total. The number of hydrogen-bond donors (Lipinski definition) is 2. The number of aromatic nitrogens is 2. The molecule has 19 heavy (non-hydrogen) atoms. The fraction of sp³-hybridized carbons (Fsp3) is 0.286. The van der Waals surface area contributed by atoms with Gasteiger partial charge in [-0.05, 0) is 26.0 Å². The van der Waals surface area contributed by atoms with Crippen molar-refractivity contribution >= 4 is 17.3 Å². The van der Waals surface area contributed by atoms with Gasteiger partial charge in [-0.25, -0.2) is 0 Å². The highest BCUT2D eigenvalue weighted by Crippen LogP contribution is 2.28. The molecular weight excluding hydrogens is 238 g/mol. The Hall–Kier alpha value is -2.30. The second-order valence-electron chi connectivity index (χ2n) is 4.72. The minimum Gasteiger partial charge on any atom is -0.384 e. The van der Waals surface area contributed by atoms with E-state index in [0.29, 0.717) is 5.56 Å². The predicted octanol–water partition coefficient (Wildman–Crippen LogP) is 2.09. The minimum absolute atomic E-state index is 0.0413. The van der Waals surface area contributed by atoms with Gasteiger partial charge >= 0.3 is 0 Å². The molecule has 2 rings (SSSR count). The highest BCUT2D eigenvalue weighted by molar-refractivity contribution is 6.01. The van der Waals surface area contributed by atoms with Crippen molar-refractivity contribution in [1.29, 1.82) is 5.41 Å². The van der Waals surface area contributed by atoms with Crippen molar-refractivity contribution in [2.45, 2.75) is 13.8 Å². The number of rotatable bonds is 3. The number of aryl methyl sites for hydroxylation is 3. The van der Waals surface area contributed by atoms with Crippen LogP contribution in [0.5, 0.6) is 0 Å². The second-order valence-corrected chi connectivity index (χ2v) is 4.72. The highest BCUT2D eigenvalue weighted by Gasteiger charge is 2.19. The van der Waals surface area contributed by atoms with Gasteiger partial charge in [0.05, 0.1) is 11.3 Å². The van der Waals surface area contributed by atoms with Crippen molar-refractivity contribution in [2.75, 3.05) is 11.9 Å². The van der Waals surface area contributed by atoms with Crippen LogP contribution >= 0.6 is 0 Å². The minimum atomic E-state index is 0.0413. The Bertz CT molecular complexity index is 610. The van der Waals surface area contributed by atoms with Gasteiger partial charge in [-0.1, -0.05) is 17.7 Å². The first-order chi connectivity index (χ1) is 8.91. The van der Waals surface area contributed by atoms with E-state index < -0.39 is 0 Å². The summed E-state index contributed by atoms with van der Waals surface area (Å²) in [6.45, 7) is 3.92. The number of amidine groups is 1. The Morgan fingerprint density at radius 3 is 2.37 bits per heavy atom. The van der Waals surface area contributed by atoms with Gasteiger partial charge in [-0.15, -0.1) is 0 Å². The van der Waals surface area contributed by atoms with Crippen molar-refractivity contribution < 1.29 is 0 Å². The maximum absolute atomic E-state index is 7.72. The van der Waals surface area contributed by atoms with Crippen LogP contribution in [0.3, 0.4) is 0 Å². The van der Waals surface area contributed by atoms with Gasteiger partial charge < -0.3 is 10.6 Å². The zero-order valence-electron chi connectivity index (χ0n) is 11.7. The first kappa shape index (κ1) is 13.1. The third-order valence-electron chi connectivity index (χ3n) is 3.20. The van der Waals surface area contributed by atoms with Gasteiger partial charge in [0.15, 0.2) is 0 Å². The van der Waals surface area contributed by atoms with Gasteiger partial charge in [0, 0.05) is 19.8 Å². The quantitative estimate of drug-likeness (QED) is 0.653. The number of nitrogens with zero attached hydrogens (tertiary/aromatic N) is 3. The SMILES string of the molecule is Cc1ccc(N(C)c2c(C(=N)N)c(C)nn2C)cc1. The van der Waals surface area contributed by atoms with E-state index in [0.717, 1.165) is 17.2 Å². The Kier molecular flexibility index (Phi) is 3.29. The second kappa shape index (κ2) is 4.76. The molecule has 0 fully saturated rings. The number of hydrogen-bond acceptors (Lipinski definition) is 3. The topological polar surface area (TPSA) is 70.9 Å². The van der Waals surface area contributed by atoms with Crippen LogP contribution in [0.15, 0.2) is 24.3 Å². The zero-order valence-corrected chi connectivity index (χ0v) is 11.7. The number of anilines is 2. The van der Waals surface area contributed by atoms with E-state index in [2.05, 4.69) is 24.2 Å². The summed E-state index contributed by atoms with van der Waals surface area (Å²) in [7, 11) is 3.81. The fourth-order valence-electron chi connectivity index (χ4n) is 2.24. The Labute approximate surface area is 113 Å². The summed E-state index contributed by atoms with van der Waals surface area (Å²) < 4.78 is 1.76. The van der Waals surface area contributed by atoms with E-state index in [1.54, 1.807) is 4.68 Å². The van der Waals surface area contributed by atoms with E-state index in [-0.39, 0.29) is 5.84 Å². The Balaban J connectivity index is 2.52. The molecule has 3 N–H and O–H groups in total. The molecule has 100 valence electrons. The van der Waals surface area contributed by atoms with Crippen LogP contribution in [-0.2, 0) is 7.05 Å². The van der Waals surface area contributed by atoms with Crippen molar-refractivity contribution in [1.82, 2.24) is 9.78 Å². The highest BCUT2D eigenvalue weighted by atomic mass is 15.4. The molecule has 0 spiro atoms. The van der Waals surface area contributed by atoms with E-state index in [1.807, 2.05) is 38.1 Å². The molecule has 2 aromatic rings. The summed E-state index contributed by atoms with van der Waals surface area (Å²) in [5, 5.41) is 12.1. The van der Waals surface area contributed by atoms with Crippen molar-refractivity contribution in [3.05, 3.63) is 41.1 Å². The molecule has 0 saturated carbocycles. The number of nitrogens with two attached hydrogens (primary N) is 1. The molecule has 0 aliphatic rings. The lowest BCUT2D eigenvalue weighted by molar-refractivity contribution is 0.750. The maximum Gasteiger partial charge on any atom is 0.142 e. The summed E-state index contributed by atoms with van der Waals surface area (Å²) in [4.78, 5) is 2.00. The lowest BCUT2D eigenvalue weighted by Gasteiger charge is -2.21. The van der Waals surface area contributed by atoms with Crippen molar-refractivity contribution in [2.24, 2.45) is 12.8 Å². The summed E-state index contributed by atoms with van der Waals surface area (Å²) in [6, 6.07) is 8.20. The van der Waals surface area contributed by atoms with Crippen LogP contribution in [0.1, 0.15) is 16.8 Å². The van der Waals surface area contributed by atoms with Crippen LogP contribution in [0.2, 0.25) is 0 Å². The smallest absolute Gasteiger partial charge is 0.142 e. The number of benzene rings is 1. The fourth-order valence-corrected chi connectivity index (χ4v) is 2.24. The molecule has 0 radical (unpaired) electrons. The van der Waals surface area contributed by atoms with Gasteiger partial charge in [0.2, 0.25) is 0 Å². The van der Waals surface area contributed by atoms with Gasteiger partial charge in [0.1, 0.15) is 11.7 Å². The molecule has 0 aliphatic carbocycles. The van der Waals surface area contributed by atoms with Crippen LogP contribution in [-0.4, -0.2) is 22.7 Å². The molecular formula is C14H19N5. The summed E-state index contributed by atoms with van der Waals surface area (Å²) in [5.41, 5.74) is 9.38. The molecule has 0 atom stereocenters. The lowest BCUT2D eigenvalue weighted by Crippen LogP contribution is -2.20. The van der Waals surface area contributed by atoms with E-state index >= 15 is 0 Å². The first-order valence-corrected chi connectivity index (χ1v) is 6.10. The average Bonchev–Trinajstić information content (AvgIpc) is 2.64. The predicted molar refractivity (Wildman–Crippen MR) is 78.2 cm³/mol. The summed E-state index contributed by atoms with van der Waals surface area (Å²) >= 11 is 0. The maximum atomic E-state index is 7.72. The van der Waals surface area contributed by atoms with Gasteiger partial charge in [-0.2, -0.15) is 5.10 Å². The molecule has 0 bridgehead atoms. The standard InChI is InChI=1S/C14H19N5/c1-9-5-7-11(8-6-9)18(3)14-12(13(15)16)10(2)17-19(14)4/h5-8H,1-4H3,(H3,15,16). The number of nitrogens with one attached hydrogen (secondary N) is 1. The Morgan fingerprint density at radius 2 is 1.84 bits per heavy atom. The lowest BCUT2D eigenvalue weighted by atomic mass is 10.2. The van der Waals surface area contributed by atoms with E-state index in [9.17, 15) is 0 Å². The molecule has 0 amide bonds. The largest absolute Gasteiger partial charge is 0.384 e. The summed E-state index contributed by atoms with van der Waals surface area (Å²) in [5.74, 6) is 0.869. The third-order valence-corrected chi connectivity index (χ3v) is 3.20. The van der Waals surface area contributed by atoms with Crippen LogP contribution < -0.4 is 10.6 Å². The van der Waals surface area contributed by atoms with Gasteiger partial charge in [-0.3, -0.25) is 10.1 Å². The monoisotopic (exact) mass is 257 g/mol. The molecule has 1 aromatic carbocycles. The summed E-state index contributed by atoms with van der Waals surface area (Å²) in [6.07, 6.45) is 0. The molecule has 1 heterocycles. The molecule has 0 aliphatic heterocycles. The molecule has 1 aromatic heterocycles. The van der Waals surface area contributed by atoms with Crippen LogP contribution in [0, 0.1) is 19.3 Å². The average molecular weight is 257 g/mol. The first-order valence-electron chi connectivity index (χ1n) is 6.10. The van der Waals surface area contributed by atoms with Crippen molar-refractivity contribution in [3.63, 3.8) is 0 Å². The Morgan fingerprint density at radius 1 is 1.26 bits per heavy atom. The van der Waals surface area contributed by atoms with Gasteiger partial charge in [0.25, 0.3) is 0 Å². The van der Waals surface area contributed by atoms with Crippen molar-refractivity contribution in [3.8, 4) is 0 Å². The molecule has 0 saturated heterocycles. The van der Waals surface area contributed by atoms with E-state index in [1.165, 1.54) is 5.56 Å². The third kappa shape index (κ3) is 2.31.